The first-order chi connectivity index (χ1) is 13.5. The number of methoxy groups -OCH3 is 1. The van der Waals surface area contributed by atoms with Crippen LogP contribution in [0.1, 0.15) is 50.5 Å². The first-order valence-electron chi connectivity index (χ1n) is 9.64. The largest absolute Gasteiger partial charge is 0.495 e. The van der Waals surface area contributed by atoms with Gasteiger partial charge >= 0.3 is 0 Å². The lowest BCUT2D eigenvalue weighted by atomic mass is 9.87. The second-order valence-corrected chi connectivity index (χ2v) is 9.64. The van der Waals surface area contributed by atoms with Crippen LogP contribution in [0.25, 0.3) is 0 Å². The van der Waals surface area contributed by atoms with E-state index in [1.54, 1.807) is 19.9 Å². The Hall–Kier alpha value is -2.38. The van der Waals surface area contributed by atoms with Crippen LogP contribution in [0.4, 0.5) is 5.69 Å². The third kappa shape index (κ3) is 5.16. The van der Waals surface area contributed by atoms with Crippen LogP contribution in [0, 0.1) is 0 Å². The number of hydrogen-bond acceptors (Lipinski definition) is 4. The van der Waals surface area contributed by atoms with Crippen LogP contribution in [-0.4, -0.2) is 38.8 Å². The fourth-order valence-corrected chi connectivity index (χ4v) is 4.62. The molecule has 2 rings (SSSR count). The molecule has 6 nitrogen and oxygen atoms in total. The second-order valence-electron chi connectivity index (χ2n) is 7.74. The zero-order chi connectivity index (χ0) is 21.8. The molecule has 158 valence electrons. The van der Waals surface area contributed by atoms with E-state index >= 15 is 0 Å². The third-order valence-corrected chi connectivity index (χ3v) is 6.83. The monoisotopic (exact) mass is 418 g/mol. The van der Waals surface area contributed by atoms with Gasteiger partial charge in [-0.2, -0.15) is 4.31 Å². The van der Waals surface area contributed by atoms with E-state index in [2.05, 4.69) is 26.1 Å². The van der Waals surface area contributed by atoms with E-state index in [-0.39, 0.29) is 27.5 Å². The minimum absolute atomic E-state index is 0.0144. The number of amides is 1. The van der Waals surface area contributed by atoms with Crippen LogP contribution in [-0.2, 0) is 15.4 Å². The molecule has 0 fully saturated rings. The van der Waals surface area contributed by atoms with E-state index in [9.17, 15) is 13.2 Å². The van der Waals surface area contributed by atoms with Gasteiger partial charge in [0.25, 0.3) is 5.91 Å². The Kier molecular flexibility index (Phi) is 7.08. The van der Waals surface area contributed by atoms with Gasteiger partial charge < -0.3 is 10.1 Å². The Morgan fingerprint density at radius 1 is 1.03 bits per heavy atom. The van der Waals surface area contributed by atoms with Gasteiger partial charge in [0.05, 0.1) is 7.11 Å². The molecule has 1 amide bonds. The van der Waals surface area contributed by atoms with Gasteiger partial charge in [-0.05, 0) is 41.3 Å². The molecule has 0 bridgehead atoms. The van der Waals surface area contributed by atoms with Gasteiger partial charge in [0.1, 0.15) is 10.6 Å². The summed E-state index contributed by atoms with van der Waals surface area (Å²) in [5.41, 5.74) is 2.07. The van der Waals surface area contributed by atoms with Gasteiger partial charge in [0, 0.05) is 24.3 Å². The SMILES string of the molecule is CCN(CC)S(=O)(=O)c1cc(C(=O)Nc2ccc(C(C)(C)C)cc2)ccc1OC. The molecule has 0 aliphatic rings. The lowest BCUT2D eigenvalue weighted by molar-refractivity contribution is 0.102. The molecule has 0 heterocycles. The van der Waals surface area contributed by atoms with Crippen molar-refractivity contribution in [2.24, 2.45) is 0 Å². The molecule has 7 heteroatoms. The Balaban J connectivity index is 2.34. The van der Waals surface area contributed by atoms with Crippen molar-refractivity contribution in [3.63, 3.8) is 0 Å². The molecule has 0 unspecified atom stereocenters. The van der Waals surface area contributed by atoms with Crippen molar-refractivity contribution >= 4 is 21.6 Å². The molecule has 29 heavy (non-hydrogen) atoms. The second kappa shape index (κ2) is 8.97. The smallest absolute Gasteiger partial charge is 0.255 e. The van der Waals surface area contributed by atoms with Crippen LogP contribution >= 0.6 is 0 Å². The summed E-state index contributed by atoms with van der Waals surface area (Å²) in [6, 6.07) is 12.1. The predicted octanol–water partition coefficient (Wildman–Crippen LogP) is 4.28. The maximum atomic E-state index is 13.0. The van der Waals surface area contributed by atoms with E-state index in [1.807, 2.05) is 24.3 Å². The molecule has 0 spiro atoms. The molecule has 0 saturated heterocycles. The van der Waals surface area contributed by atoms with E-state index in [1.165, 1.54) is 23.5 Å². The number of hydrogen-bond donors (Lipinski definition) is 1. The minimum atomic E-state index is -3.77. The third-order valence-electron chi connectivity index (χ3n) is 4.76. The van der Waals surface area contributed by atoms with Crippen molar-refractivity contribution in [2.75, 3.05) is 25.5 Å². The van der Waals surface area contributed by atoms with Crippen LogP contribution in [0.3, 0.4) is 0 Å². The highest BCUT2D eigenvalue weighted by Gasteiger charge is 2.27. The van der Waals surface area contributed by atoms with Gasteiger partial charge in [-0.3, -0.25) is 4.79 Å². The first-order valence-corrected chi connectivity index (χ1v) is 11.1. The molecule has 0 radical (unpaired) electrons. The summed E-state index contributed by atoms with van der Waals surface area (Å²) in [6.07, 6.45) is 0. The summed E-state index contributed by atoms with van der Waals surface area (Å²) in [5, 5.41) is 2.82. The zero-order valence-corrected chi connectivity index (χ0v) is 18.8. The van der Waals surface area contributed by atoms with Crippen LogP contribution in [0.2, 0.25) is 0 Å². The van der Waals surface area contributed by atoms with Gasteiger partial charge in [-0.25, -0.2) is 8.42 Å². The zero-order valence-electron chi connectivity index (χ0n) is 17.9. The summed E-state index contributed by atoms with van der Waals surface area (Å²) >= 11 is 0. The minimum Gasteiger partial charge on any atom is -0.495 e. The van der Waals surface area contributed by atoms with E-state index < -0.39 is 10.0 Å². The molecule has 0 aliphatic heterocycles. The van der Waals surface area contributed by atoms with Crippen molar-refractivity contribution < 1.29 is 17.9 Å². The lowest BCUT2D eigenvalue weighted by Gasteiger charge is -2.20. The van der Waals surface area contributed by atoms with Gasteiger partial charge in [-0.1, -0.05) is 46.8 Å². The number of anilines is 1. The number of carbonyl (C=O) groups is 1. The topological polar surface area (TPSA) is 75.7 Å². The number of ether oxygens (including phenoxy) is 1. The highest BCUT2D eigenvalue weighted by atomic mass is 32.2. The quantitative estimate of drug-likeness (QED) is 0.728. The summed E-state index contributed by atoms with van der Waals surface area (Å²) in [6.45, 7) is 10.6. The average molecular weight is 419 g/mol. The van der Waals surface area contributed by atoms with Crippen LogP contribution in [0.5, 0.6) is 5.75 Å². The van der Waals surface area contributed by atoms with Crippen LogP contribution in [0.15, 0.2) is 47.4 Å². The van der Waals surface area contributed by atoms with E-state index in [0.717, 1.165) is 5.56 Å². The molecule has 2 aromatic rings. The number of rotatable bonds is 7. The molecule has 1 N–H and O–H groups in total. The maximum Gasteiger partial charge on any atom is 0.255 e. The maximum absolute atomic E-state index is 13.0. The molecular formula is C22H30N2O4S. The van der Waals surface area contributed by atoms with Gasteiger partial charge in [-0.15, -0.1) is 0 Å². The first kappa shape index (κ1) is 22.9. The van der Waals surface area contributed by atoms with Crippen molar-refractivity contribution in [1.29, 1.82) is 0 Å². The molecule has 0 atom stereocenters. The number of nitrogens with one attached hydrogen (secondary N) is 1. The van der Waals surface area contributed by atoms with Crippen molar-refractivity contribution in [1.82, 2.24) is 4.31 Å². The highest BCUT2D eigenvalue weighted by Crippen LogP contribution is 2.28. The standard InChI is InChI=1S/C22H30N2O4S/c1-7-24(8-2)29(26,27)20-15-16(9-14-19(20)28-6)21(25)23-18-12-10-17(11-13-18)22(3,4)5/h9-15H,7-8H2,1-6H3,(H,23,25). The van der Waals surface area contributed by atoms with Crippen LogP contribution < -0.4 is 10.1 Å². The Morgan fingerprint density at radius 3 is 2.10 bits per heavy atom. The van der Waals surface area contributed by atoms with Crippen molar-refractivity contribution in [3.05, 3.63) is 53.6 Å². The van der Waals surface area contributed by atoms with E-state index in [4.69, 9.17) is 4.74 Å². The molecule has 0 saturated carbocycles. The molecule has 0 aliphatic carbocycles. The van der Waals surface area contributed by atoms with Gasteiger partial charge in [0.15, 0.2) is 0 Å². The molecular weight excluding hydrogens is 388 g/mol. The summed E-state index contributed by atoms with van der Waals surface area (Å²) in [7, 11) is -2.36. The average Bonchev–Trinajstić information content (AvgIpc) is 2.67. The number of benzene rings is 2. The Bertz CT molecular complexity index is 957. The Labute approximate surface area is 173 Å². The fraction of sp³-hybridized carbons (Fsp3) is 0.409. The summed E-state index contributed by atoms with van der Waals surface area (Å²) < 4.78 is 32.5. The Morgan fingerprint density at radius 2 is 1.62 bits per heavy atom. The highest BCUT2D eigenvalue weighted by molar-refractivity contribution is 7.89. The normalized spacial score (nSPS) is 12.1. The molecule has 2 aromatic carbocycles. The molecule has 0 aromatic heterocycles. The van der Waals surface area contributed by atoms with Crippen molar-refractivity contribution in [2.45, 2.75) is 44.9 Å². The number of carbonyl (C=O) groups excluding carboxylic acids is 1. The summed E-state index contributed by atoms with van der Waals surface area (Å²) in [4.78, 5) is 12.7. The predicted molar refractivity (Wildman–Crippen MR) is 116 cm³/mol. The number of sulfonamides is 1. The van der Waals surface area contributed by atoms with Gasteiger partial charge in [0.2, 0.25) is 10.0 Å². The fourth-order valence-electron chi connectivity index (χ4n) is 2.98. The van der Waals surface area contributed by atoms with E-state index in [0.29, 0.717) is 18.8 Å². The lowest BCUT2D eigenvalue weighted by Crippen LogP contribution is -2.31. The summed E-state index contributed by atoms with van der Waals surface area (Å²) in [5.74, 6) is -0.171. The van der Waals surface area contributed by atoms with Crippen molar-refractivity contribution in [3.8, 4) is 5.75 Å². The number of nitrogens with zero attached hydrogens (tertiary/aromatic N) is 1.